The van der Waals surface area contributed by atoms with Gasteiger partial charge in [0, 0.05) is 39.3 Å². The molecule has 0 aromatic carbocycles. The van der Waals surface area contributed by atoms with Gasteiger partial charge < -0.3 is 25.3 Å². The number of alkyl halides is 4. The van der Waals surface area contributed by atoms with Crippen molar-refractivity contribution in [3.8, 4) is 0 Å². The molecule has 158 valence electrons. The summed E-state index contributed by atoms with van der Waals surface area (Å²) in [6.45, 7) is 26.6. The standard InChI is InChI=1S/C11H17F5O7Si5/c1-24-19-25(2)21-27(4)23-28(5,22-26(3)20-24)8-6-7-17-9-10(12,18-16)11(13,14)15/h1-5,24-27H,6-9H2. The van der Waals surface area contributed by atoms with Gasteiger partial charge in [0.2, 0.25) is 0 Å². The smallest absolute Gasteiger partial charge is 0.420 e. The highest BCUT2D eigenvalue weighted by molar-refractivity contribution is 6.83. The van der Waals surface area contributed by atoms with Gasteiger partial charge in [0.1, 0.15) is 6.61 Å². The Bertz CT molecular complexity index is 463. The van der Waals surface area contributed by atoms with E-state index >= 15 is 0 Å². The minimum absolute atomic E-state index is 0.0609. The molecule has 1 fully saturated rings. The van der Waals surface area contributed by atoms with Crippen LogP contribution in [0.1, 0.15) is 6.42 Å². The molecule has 17 heteroatoms. The van der Waals surface area contributed by atoms with Crippen LogP contribution >= 0.6 is 0 Å². The molecule has 5 unspecified atom stereocenters. The Balaban J connectivity index is 2.59. The molecule has 1 aliphatic heterocycles. The van der Waals surface area contributed by atoms with E-state index in [1.807, 2.05) is 0 Å². The van der Waals surface area contributed by atoms with Crippen molar-refractivity contribution in [3.63, 3.8) is 0 Å². The molecular weight excluding hydrogens is 480 g/mol. The molecular formula is C11H17F5O7Si5. The lowest BCUT2D eigenvalue weighted by Crippen LogP contribution is -2.53. The zero-order chi connectivity index (χ0) is 21.6. The predicted molar refractivity (Wildman–Crippen MR) is 93.6 cm³/mol. The van der Waals surface area contributed by atoms with Crippen molar-refractivity contribution in [1.82, 2.24) is 0 Å². The molecule has 0 saturated carbocycles. The Morgan fingerprint density at radius 3 is 1.75 bits per heavy atom. The minimum Gasteiger partial charge on any atom is -0.420 e. The Morgan fingerprint density at radius 1 is 0.857 bits per heavy atom. The SMILES string of the molecule is [CH][SiH]1O[SiH]([CH])O[SiH]([CH])O[Si]([CH])(CCCOCC(F)(OF)C(F)(F)F)O[SiH]([CH])O1. The van der Waals surface area contributed by atoms with Gasteiger partial charge in [0.15, 0.2) is 0 Å². The fourth-order valence-corrected chi connectivity index (χ4v) is 13.6. The largest absolute Gasteiger partial charge is 0.454 e. The molecule has 1 aliphatic rings. The summed E-state index contributed by atoms with van der Waals surface area (Å²) in [5.74, 6) is -4.58. The van der Waals surface area contributed by atoms with Gasteiger partial charge in [-0.2, -0.15) is 17.6 Å². The molecule has 7 nitrogen and oxygen atoms in total. The molecule has 0 spiro atoms. The maximum atomic E-state index is 13.2. The Morgan fingerprint density at radius 2 is 1.32 bits per heavy atom. The lowest BCUT2D eigenvalue weighted by atomic mass is 10.3. The van der Waals surface area contributed by atoms with E-state index in [2.05, 4.69) is 9.68 Å². The minimum atomic E-state index is -5.62. The van der Waals surface area contributed by atoms with E-state index in [1.54, 1.807) is 0 Å². The number of ether oxygens (including phenoxy) is 1. The fraction of sp³-hybridized carbons (Fsp3) is 0.545. The van der Waals surface area contributed by atoms with Gasteiger partial charge in [-0.25, -0.2) is 0 Å². The first-order valence-electron chi connectivity index (χ1n) is 7.56. The summed E-state index contributed by atoms with van der Waals surface area (Å²) in [5.41, 5.74) is 0. The van der Waals surface area contributed by atoms with Crippen LogP contribution in [0.15, 0.2) is 0 Å². The molecule has 28 heavy (non-hydrogen) atoms. The Hall–Kier alpha value is 0.454. The number of rotatable bonds is 7. The summed E-state index contributed by atoms with van der Waals surface area (Å²) < 4.78 is 93.0. The van der Waals surface area contributed by atoms with Crippen LogP contribution in [0.5, 0.6) is 0 Å². The fourth-order valence-electron chi connectivity index (χ4n) is 1.83. The van der Waals surface area contributed by atoms with E-state index in [9.17, 15) is 22.1 Å². The monoisotopic (exact) mass is 496 g/mol. The van der Waals surface area contributed by atoms with Crippen molar-refractivity contribution >= 4 is 45.7 Å². The first-order chi connectivity index (χ1) is 12.8. The van der Waals surface area contributed by atoms with Gasteiger partial charge >= 0.3 is 57.7 Å². The summed E-state index contributed by atoms with van der Waals surface area (Å²) in [5, 5.41) is 0. The quantitative estimate of drug-likeness (QED) is 0.283. The molecule has 0 amide bonds. The van der Waals surface area contributed by atoms with E-state index in [4.69, 9.17) is 53.3 Å². The lowest BCUT2D eigenvalue weighted by molar-refractivity contribution is -0.411. The topological polar surface area (TPSA) is 64.6 Å². The second-order valence-corrected chi connectivity index (χ2v) is 15.6. The van der Waals surface area contributed by atoms with Crippen molar-refractivity contribution in [2.45, 2.75) is 24.5 Å². The van der Waals surface area contributed by atoms with Crippen LogP contribution in [0.25, 0.3) is 0 Å². The number of hydrogen-bond donors (Lipinski definition) is 0. The molecule has 5 atom stereocenters. The van der Waals surface area contributed by atoms with Crippen LogP contribution < -0.4 is 0 Å². The summed E-state index contributed by atoms with van der Waals surface area (Å²) in [7, 11) is -14.8. The first-order valence-corrected chi connectivity index (χ1v) is 16.1. The van der Waals surface area contributed by atoms with Crippen molar-refractivity contribution in [2.75, 3.05) is 13.2 Å². The molecule has 1 saturated heterocycles. The van der Waals surface area contributed by atoms with Crippen LogP contribution in [0, 0.1) is 32.7 Å². The average Bonchev–Trinajstić information content (AvgIpc) is 2.51. The summed E-state index contributed by atoms with van der Waals surface area (Å²) in [4.78, 5) is 2.36. The molecule has 1 rings (SSSR count). The Kier molecular flexibility index (Phi) is 10.6. The molecule has 0 aliphatic carbocycles. The van der Waals surface area contributed by atoms with Crippen LogP contribution in [-0.2, 0) is 30.3 Å². The lowest BCUT2D eigenvalue weighted by Gasteiger charge is -2.35. The molecule has 1 heterocycles. The molecule has 0 aromatic heterocycles. The van der Waals surface area contributed by atoms with Crippen LogP contribution in [0.2, 0.25) is 6.04 Å². The third-order valence-corrected chi connectivity index (χ3v) is 15.6. The van der Waals surface area contributed by atoms with Gasteiger partial charge in [0.05, 0.1) is 0 Å². The summed E-state index contributed by atoms with van der Waals surface area (Å²) in [6.07, 6.45) is -5.68. The van der Waals surface area contributed by atoms with Crippen LogP contribution in [-0.4, -0.2) is 70.9 Å². The van der Waals surface area contributed by atoms with Gasteiger partial charge in [-0.15, -0.1) is 4.94 Å². The van der Waals surface area contributed by atoms with Crippen LogP contribution in [0.4, 0.5) is 22.1 Å². The number of hydrogen-bond acceptors (Lipinski definition) is 7. The highest BCUT2D eigenvalue weighted by Gasteiger charge is 2.59. The number of halogens is 5. The third-order valence-electron chi connectivity index (χ3n) is 3.08. The maximum Gasteiger partial charge on any atom is 0.454 e. The zero-order valence-corrected chi connectivity index (χ0v) is 19.9. The summed E-state index contributed by atoms with van der Waals surface area (Å²) >= 11 is 0. The van der Waals surface area contributed by atoms with Gasteiger partial charge in [-0.1, -0.05) is 0 Å². The average molecular weight is 497 g/mol. The van der Waals surface area contributed by atoms with Crippen LogP contribution in [0.3, 0.4) is 0 Å². The van der Waals surface area contributed by atoms with Crippen molar-refractivity contribution < 1.29 is 52.3 Å². The van der Waals surface area contributed by atoms with E-state index in [1.165, 1.54) is 0 Å². The van der Waals surface area contributed by atoms with E-state index in [0.717, 1.165) is 0 Å². The molecule has 0 bridgehead atoms. The molecule has 0 N–H and O–H groups in total. The highest BCUT2D eigenvalue weighted by atomic mass is 28.5. The molecule has 0 aromatic rings. The zero-order valence-electron chi connectivity index (χ0n) is 14.3. The van der Waals surface area contributed by atoms with E-state index in [0.29, 0.717) is 0 Å². The summed E-state index contributed by atoms with van der Waals surface area (Å²) in [6, 6.07) is -0.0860. The van der Waals surface area contributed by atoms with Gasteiger partial charge in [-0.05, 0) is 17.0 Å². The molecule has 10 radical (unpaired) electrons. The predicted octanol–water partition coefficient (Wildman–Crippen LogP) is 0.195. The highest BCUT2D eigenvalue weighted by Crippen LogP contribution is 2.35. The normalized spacial score (nSPS) is 35.4. The third kappa shape index (κ3) is 8.67. The second-order valence-electron chi connectivity index (χ2n) is 5.39. The van der Waals surface area contributed by atoms with Crippen molar-refractivity contribution in [1.29, 1.82) is 0 Å². The van der Waals surface area contributed by atoms with Crippen molar-refractivity contribution in [3.05, 3.63) is 32.7 Å². The van der Waals surface area contributed by atoms with Gasteiger partial charge in [0.25, 0.3) is 0 Å². The van der Waals surface area contributed by atoms with E-state index in [-0.39, 0.29) is 12.5 Å². The first kappa shape index (κ1) is 26.5. The maximum absolute atomic E-state index is 13.2. The van der Waals surface area contributed by atoms with E-state index < -0.39 is 70.9 Å². The van der Waals surface area contributed by atoms with Gasteiger partial charge in [-0.3, -0.25) is 0 Å². The second kappa shape index (κ2) is 11.2. The Labute approximate surface area is 168 Å². The van der Waals surface area contributed by atoms with Crippen molar-refractivity contribution in [2.24, 2.45) is 0 Å².